The van der Waals surface area contributed by atoms with Crippen LogP contribution in [0, 0.1) is 11.3 Å². The lowest BCUT2D eigenvalue weighted by molar-refractivity contribution is 0.427. The van der Waals surface area contributed by atoms with Crippen molar-refractivity contribution in [2.75, 3.05) is 18.5 Å². The number of hydrogen-bond acceptors (Lipinski definition) is 3. The Bertz CT molecular complexity index is 470. The molecule has 0 aliphatic heterocycles. The third-order valence-corrected chi connectivity index (χ3v) is 4.26. The summed E-state index contributed by atoms with van der Waals surface area (Å²) in [4.78, 5) is 2.31. The van der Waals surface area contributed by atoms with E-state index in [1.807, 2.05) is 6.07 Å². The van der Waals surface area contributed by atoms with Gasteiger partial charge in [0.1, 0.15) is 6.07 Å². The van der Waals surface area contributed by atoms with Gasteiger partial charge in [0.2, 0.25) is 0 Å². The van der Waals surface area contributed by atoms with E-state index in [0.29, 0.717) is 6.04 Å². The molecular weight excluding hydrogens is 246 g/mol. The van der Waals surface area contributed by atoms with Crippen molar-refractivity contribution in [3.63, 3.8) is 0 Å². The van der Waals surface area contributed by atoms with E-state index in [1.165, 1.54) is 37.7 Å². The molecule has 0 amide bonds. The molecule has 1 aromatic carbocycles. The van der Waals surface area contributed by atoms with Crippen molar-refractivity contribution in [2.45, 2.75) is 51.6 Å². The Labute approximate surface area is 122 Å². The average molecular weight is 271 g/mol. The SMILES string of the molecule is CCNCc1ccc(N(C)C2CCCCC2)c(C#N)c1. The minimum Gasteiger partial charge on any atom is -0.371 e. The molecule has 0 atom stereocenters. The first kappa shape index (κ1) is 14.9. The quantitative estimate of drug-likeness (QED) is 0.891. The lowest BCUT2D eigenvalue weighted by Crippen LogP contribution is -2.33. The van der Waals surface area contributed by atoms with Gasteiger partial charge in [-0.15, -0.1) is 0 Å². The third-order valence-electron chi connectivity index (χ3n) is 4.26. The molecule has 1 N–H and O–H groups in total. The molecule has 0 unspecified atom stereocenters. The van der Waals surface area contributed by atoms with Gasteiger partial charge in [-0.2, -0.15) is 5.26 Å². The van der Waals surface area contributed by atoms with Crippen LogP contribution in [0.2, 0.25) is 0 Å². The van der Waals surface area contributed by atoms with Gasteiger partial charge in [0.05, 0.1) is 11.3 Å². The highest BCUT2D eigenvalue weighted by Crippen LogP contribution is 2.28. The van der Waals surface area contributed by atoms with Gasteiger partial charge in [0.15, 0.2) is 0 Å². The molecule has 108 valence electrons. The van der Waals surface area contributed by atoms with Gasteiger partial charge in [-0.05, 0) is 37.1 Å². The molecule has 0 spiro atoms. The number of hydrogen-bond donors (Lipinski definition) is 1. The van der Waals surface area contributed by atoms with Crippen LogP contribution < -0.4 is 10.2 Å². The van der Waals surface area contributed by atoms with E-state index in [-0.39, 0.29) is 0 Å². The lowest BCUT2D eigenvalue weighted by Gasteiger charge is -2.33. The molecule has 0 saturated heterocycles. The van der Waals surface area contributed by atoms with Crippen molar-refractivity contribution in [3.05, 3.63) is 29.3 Å². The van der Waals surface area contributed by atoms with E-state index >= 15 is 0 Å². The highest BCUT2D eigenvalue weighted by Gasteiger charge is 2.20. The Hall–Kier alpha value is -1.53. The van der Waals surface area contributed by atoms with Gasteiger partial charge in [-0.25, -0.2) is 0 Å². The second-order valence-electron chi connectivity index (χ2n) is 5.65. The minimum absolute atomic E-state index is 0.593. The number of nitriles is 1. The van der Waals surface area contributed by atoms with Crippen molar-refractivity contribution in [3.8, 4) is 6.07 Å². The smallest absolute Gasteiger partial charge is 0.101 e. The summed E-state index contributed by atoms with van der Waals surface area (Å²) in [7, 11) is 2.14. The van der Waals surface area contributed by atoms with Crippen molar-refractivity contribution in [2.24, 2.45) is 0 Å². The summed E-state index contributed by atoms with van der Waals surface area (Å²) in [6, 6.07) is 9.23. The topological polar surface area (TPSA) is 39.1 Å². The molecule has 3 heteroatoms. The molecule has 1 aromatic rings. The van der Waals surface area contributed by atoms with Gasteiger partial charge >= 0.3 is 0 Å². The summed E-state index contributed by atoms with van der Waals surface area (Å²) in [6.45, 7) is 3.88. The monoisotopic (exact) mass is 271 g/mol. The van der Waals surface area contributed by atoms with Gasteiger partial charge in [0.25, 0.3) is 0 Å². The van der Waals surface area contributed by atoms with Crippen LogP contribution in [-0.4, -0.2) is 19.6 Å². The Morgan fingerprint density at radius 3 is 2.70 bits per heavy atom. The van der Waals surface area contributed by atoms with Gasteiger partial charge in [-0.3, -0.25) is 0 Å². The van der Waals surface area contributed by atoms with E-state index in [2.05, 4.69) is 42.4 Å². The van der Waals surface area contributed by atoms with Gasteiger partial charge < -0.3 is 10.2 Å². The number of anilines is 1. The van der Waals surface area contributed by atoms with Crippen LogP contribution in [-0.2, 0) is 6.54 Å². The Morgan fingerprint density at radius 1 is 1.30 bits per heavy atom. The number of nitrogens with one attached hydrogen (secondary N) is 1. The van der Waals surface area contributed by atoms with E-state index in [0.717, 1.165) is 24.3 Å². The lowest BCUT2D eigenvalue weighted by atomic mass is 9.93. The molecule has 0 bridgehead atoms. The zero-order valence-corrected chi connectivity index (χ0v) is 12.7. The van der Waals surface area contributed by atoms with Crippen LogP contribution in [0.1, 0.15) is 50.2 Å². The number of rotatable bonds is 5. The molecule has 1 saturated carbocycles. The van der Waals surface area contributed by atoms with Crippen LogP contribution in [0.4, 0.5) is 5.69 Å². The van der Waals surface area contributed by atoms with E-state index in [9.17, 15) is 5.26 Å². The molecule has 3 nitrogen and oxygen atoms in total. The maximum atomic E-state index is 9.42. The molecular formula is C17H25N3. The Morgan fingerprint density at radius 2 is 2.05 bits per heavy atom. The van der Waals surface area contributed by atoms with Crippen LogP contribution in [0.25, 0.3) is 0 Å². The van der Waals surface area contributed by atoms with Crippen LogP contribution >= 0.6 is 0 Å². The number of nitrogens with zero attached hydrogens (tertiary/aromatic N) is 2. The zero-order chi connectivity index (χ0) is 14.4. The molecule has 0 aromatic heterocycles. The van der Waals surface area contributed by atoms with Crippen LogP contribution in [0.5, 0.6) is 0 Å². The Balaban J connectivity index is 2.15. The maximum absolute atomic E-state index is 9.42. The maximum Gasteiger partial charge on any atom is 0.101 e. The van der Waals surface area contributed by atoms with Crippen LogP contribution in [0.15, 0.2) is 18.2 Å². The average Bonchev–Trinajstić information content (AvgIpc) is 2.52. The second kappa shape index (κ2) is 7.31. The van der Waals surface area contributed by atoms with E-state index in [4.69, 9.17) is 0 Å². The predicted octanol–water partition coefficient (Wildman–Crippen LogP) is 3.44. The summed E-state index contributed by atoms with van der Waals surface area (Å²) in [5, 5.41) is 12.7. The molecule has 2 rings (SSSR count). The fourth-order valence-corrected chi connectivity index (χ4v) is 3.02. The number of benzene rings is 1. The van der Waals surface area contributed by atoms with Gasteiger partial charge in [0, 0.05) is 19.6 Å². The summed E-state index contributed by atoms with van der Waals surface area (Å²) in [5.74, 6) is 0. The summed E-state index contributed by atoms with van der Waals surface area (Å²) < 4.78 is 0. The van der Waals surface area contributed by atoms with Crippen molar-refractivity contribution in [1.82, 2.24) is 5.32 Å². The molecule has 1 aliphatic rings. The Kier molecular flexibility index (Phi) is 5.43. The van der Waals surface area contributed by atoms with Crippen molar-refractivity contribution in [1.29, 1.82) is 5.26 Å². The van der Waals surface area contributed by atoms with Crippen molar-refractivity contribution >= 4 is 5.69 Å². The van der Waals surface area contributed by atoms with E-state index in [1.54, 1.807) is 0 Å². The molecule has 1 fully saturated rings. The summed E-state index contributed by atoms with van der Waals surface area (Å²) in [6.07, 6.45) is 6.49. The van der Waals surface area contributed by atoms with E-state index < -0.39 is 0 Å². The van der Waals surface area contributed by atoms with Gasteiger partial charge in [-0.1, -0.05) is 32.3 Å². The molecule has 0 heterocycles. The molecule has 0 radical (unpaired) electrons. The zero-order valence-electron chi connectivity index (χ0n) is 12.7. The first-order chi connectivity index (χ1) is 9.76. The highest BCUT2D eigenvalue weighted by molar-refractivity contribution is 5.60. The summed E-state index contributed by atoms with van der Waals surface area (Å²) in [5.41, 5.74) is 3.07. The first-order valence-electron chi connectivity index (χ1n) is 7.72. The summed E-state index contributed by atoms with van der Waals surface area (Å²) >= 11 is 0. The fourth-order valence-electron chi connectivity index (χ4n) is 3.02. The fraction of sp³-hybridized carbons (Fsp3) is 0.588. The third kappa shape index (κ3) is 3.52. The largest absolute Gasteiger partial charge is 0.371 e. The first-order valence-corrected chi connectivity index (χ1v) is 7.72. The highest BCUT2D eigenvalue weighted by atomic mass is 15.1. The predicted molar refractivity (Wildman–Crippen MR) is 83.8 cm³/mol. The standard InChI is InChI=1S/C17H25N3/c1-3-19-13-14-9-10-17(15(11-14)12-18)20(2)16-7-5-4-6-8-16/h9-11,16,19H,3-8,13H2,1-2H3. The normalized spacial score (nSPS) is 15.8. The minimum atomic E-state index is 0.593. The van der Waals surface area contributed by atoms with Crippen LogP contribution in [0.3, 0.4) is 0 Å². The van der Waals surface area contributed by atoms with Crippen molar-refractivity contribution < 1.29 is 0 Å². The molecule has 20 heavy (non-hydrogen) atoms. The second-order valence-corrected chi connectivity index (χ2v) is 5.65. The molecule has 1 aliphatic carbocycles.